The number of nitro groups is 1. The van der Waals surface area contributed by atoms with Gasteiger partial charge in [-0.05, 0) is 41.1 Å². The SMILES string of the molecule is O=[N+]([O-])c1ccc2nc(-c3cccc4cc(O)ccc34)oc2c1. The van der Waals surface area contributed by atoms with Crippen molar-refractivity contribution in [1.82, 2.24) is 4.98 Å². The molecule has 0 bridgehead atoms. The highest BCUT2D eigenvalue weighted by atomic mass is 16.6. The van der Waals surface area contributed by atoms with Crippen molar-refractivity contribution in [2.24, 2.45) is 0 Å². The van der Waals surface area contributed by atoms with Gasteiger partial charge >= 0.3 is 0 Å². The van der Waals surface area contributed by atoms with E-state index < -0.39 is 4.92 Å². The van der Waals surface area contributed by atoms with Crippen LogP contribution in [0.4, 0.5) is 5.69 Å². The van der Waals surface area contributed by atoms with Crippen molar-refractivity contribution in [3.8, 4) is 17.2 Å². The molecule has 1 heterocycles. The van der Waals surface area contributed by atoms with Gasteiger partial charge in [0, 0.05) is 11.6 Å². The topological polar surface area (TPSA) is 89.4 Å². The number of fused-ring (bicyclic) bond motifs is 2. The number of oxazole rings is 1. The van der Waals surface area contributed by atoms with E-state index in [1.807, 2.05) is 18.2 Å². The molecule has 0 amide bonds. The summed E-state index contributed by atoms with van der Waals surface area (Å²) in [4.78, 5) is 14.8. The Balaban J connectivity index is 1.94. The van der Waals surface area contributed by atoms with E-state index in [1.54, 1.807) is 24.3 Å². The number of hydrogen-bond donors (Lipinski definition) is 1. The molecule has 3 aromatic carbocycles. The molecule has 112 valence electrons. The maximum Gasteiger partial charge on any atom is 0.273 e. The van der Waals surface area contributed by atoms with Crippen LogP contribution in [0.15, 0.2) is 59.0 Å². The number of rotatable bonds is 2. The number of phenols is 1. The molecule has 6 nitrogen and oxygen atoms in total. The van der Waals surface area contributed by atoms with Crippen LogP contribution in [0.1, 0.15) is 0 Å². The van der Waals surface area contributed by atoms with Gasteiger partial charge in [-0.15, -0.1) is 0 Å². The molecule has 0 aliphatic heterocycles. The van der Waals surface area contributed by atoms with E-state index in [1.165, 1.54) is 12.1 Å². The van der Waals surface area contributed by atoms with E-state index in [0.717, 1.165) is 16.3 Å². The average Bonchev–Trinajstić information content (AvgIpc) is 2.96. The molecule has 0 radical (unpaired) electrons. The maximum absolute atomic E-state index is 10.8. The molecular weight excluding hydrogens is 296 g/mol. The fourth-order valence-corrected chi connectivity index (χ4v) is 2.60. The lowest BCUT2D eigenvalue weighted by Crippen LogP contribution is -1.86. The van der Waals surface area contributed by atoms with Gasteiger partial charge in [-0.1, -0.05) is 12.1 Å². The number of nitro benzene ring substituents is 1. The Morgan fingerprint density at radius 2 is 1.96 bits per heavy atom. The zero-order chi connectivity index (χ0) is 16.0. The summed E-state index contributed by atoms with van der Waals surface area (Å²) in [5.41, 5.74) is 1.65. The van der Waals surface area contributed by atoms with Crippen molar-refractivity contribution in [3.05, 3.63) is 64.7 Å². The third kappa shape index (κ3) is 2.17. The van der Waals surface area contributed by atoms with Crippen molar-refractivity contribution in [1.29, 1.82) is 0 Å². The van der Waals surface area contributed by atoms with E-state index in [2.05, 4.69) is 4.98 Å². The van der Waals surface area contributed by atoms with Crippen LogP contribution >= 0.6 is 0 Å². The van der Waals surface area contributed by atoms with Crippen LogP contribution in [0, 0.1) is 10.1 Å². The van der Waals surface area contributed by atoms with Crippen molar-refractivity contribution in [2.45, 2.75) is 0 Å². The third-order valence-corrected chi connectivity index (χ3v) is 3.68. The molecular formula is C17H10N2O4. The second-order valence-electron chi connectivity index (χ2n) is 5.14. The Morgan fingerprint density at radius 3 is 2.78 bits per heavy atom. The molecule has 0 saturated carbocycles. The van der Waals surface area contributed by atoms with Crippen molar-refractivity contribution >= 4 is 27.6 Å². The lowest BCUT2D eigenvalue weighted by Gasteiger charge is -2.03. The molecule has 4 aromatic rings. The van der Waals surface area contributed by atoms with E-state index in [4.69, 9.17) is 4.42 Å². The van der Waals surface area contributed by atoms with Gasteiger partial charge in [0.05, 0.1) is 11.0 Å². The smallest absolute Gasteiger partial charge is 0.273 e. The van der Waals surface area contributed by atoms with Crippen LogP contribution < -0.4 is 0 Å². The van der Waals surface area contributed by atoms with E-state index in [9.17, 15) is 15.2 Å². The van der Waals surface area contributed by atoms with Crippen LogP contribution in [-0.4, -0.2) is 15.0 Å². The largest absolute Gasteiger partial charge is 0.508 e. The predicted octanol–water partition coefficient (Wildman–Crippen LogP) is 4.26. The number of non-ortho nitro benzene ring substituents is 1. The van der Waals surface area contributed by atoms with E-state index >= 15 is 0 Å². The number of aromatic hydroxyl groups is 1. The van der Waals surface area contributed by atoms with Crippen molar-refractivity contribution in [3.63, 3.8) is 0 Å². The highest BCUT2D eigenvalue weighted by Crippen LogP contribution is 2.32. The molecule has 0 aliphatic carbocycles. The fourth-order valence-electron chi connectivity index (χ4n) is 2.60. The minimum absolute atomic E-state index is 0.0388. The summed E-state index contributed by atoms with van der Waals surface area (Å²) in [5, 5.41) is 22.2. The lowest BCUT2D eigenvalue weighted by molar-refractivity contribution is -0.384. The third-order valence-electron chi connectivity index (χ3n) is 3.68. The Morgan fingerprint density at radius 1 is 1.09 bits per heavy atom. The minimum Gasteiger partial charge on any atom is -0.508 e. The molecule has 0 saturated heterocycles. The van der Waals surface area contributed by atoms with E-state index in [-0.39, 0.29) is 11.4 Å². The Kier molecular flexibility index (Phi) is 2.77. The normalized spacial score (nSPS) is 11.1. The van der Waals surface area contributed by atoms with Gasteiger partial charge in [-0.25, -0.2) is 4.98 Å². The van der Waals surface area contributed by atoms with Gasteiger partial charge < -0.3 is 9.52 Å². The van der Waals surface area contributed by atoms with Gasteiger partial charge in [0.2, 0.25) is 5.89 Å². The molecule has 6 heteroatoms. The summed E-state index contributed by atoms with van der Waals surface area (Å²) in [7, 11) is 0. The molecule has 23 heavy (non-hydrogen) atoms. The lowest BCUT2D eigenvalue weighted by atomic mass is 10.0. The zero-order valence-electron chi connectivity index (χ0n) is 11.8. The van der Waals surface area contributed by atoms with Gasteiger partial charge in [-0.3, -0.25) is 10.1 Å². The second-order valence-corrected chi connectivity index (χ2v) is 5.14. The summed E-state index contributed by atoms with van der Waals surface area (Å²) >= 11 is 0. The summed E-state index contributed by atoms with van der Waals surface area (Å²) in [5.74, 6) is 0.569. The molecule has 0 spiro atoms. The number of phenolic OH excluding ortho intramolecular Hbond substituents is 1. The summed E-state index contributed by atoms with van der Waals surface area (Å²) in [6.45, 7) is 0. The first-order chi connectivity index (χ1) is 11.1. The summed E-state index contributed by atoms with van der Waals surface area (Å²) in [6, 6.07) is 15.0. The Bertz CT molecular complexity index is 1070. The Hall–Kier alpha value is -3.41. The standard InChI is InChI=1S/C17H10N2O4/c20-12-5-6-13-10(8-12)2-1-3-14(13)17-18-15-7-4-11(19(21)22)9-16(15)23-17/h1-9,20H. The van der Waals surface area contributed by atoms with Gasteiger partial charge in [0.15, 0.2) is 5.58 Å². The first-order valence-electron chi connectivity index (χ1n) is 6.89. The highest BCUT2D eigenvalue weighted by molar-refractivity contribution is 5.96. The number of aromatic nitrogens is 1. The van der Waals surface area contributed by atoms with Crippen molar-refractivity contribution < 1.29 is 14.4 Å². The molecule has 4 rings (SSSR count). The molecule has 0 aliphatic rings. The molecule has 0 unspecified atom stereocenters. The fraction of sp³-hybridized carbons (Fsp3) is 0. The van der Waals surface area contributed by atoms with Crippen LogP contribution in [0.5, 0.6) is 5.75 Å². The summed E-state index contributed by atoms with van der Waals surface area (Å²) in [6.07, 6.45) is 0. The predicted molar refractivity (Wildman–Crippen MR) is 85.3 cm³/mol. The van der Waals surface area contributed by atoms with E-state index in [0.29, 0.717) is 17.0 Å². The molecule has 1 aromatic heterocycles. The zero-order valence-corrected chi connectivity index (χ0v) is 11.8. The average molecular weight is 306 g/mol. The van der Waals surface area contributed by atoms with Gasteiger partial charge in [0.1, 0.15) is 11.3 Å². The molecule has 0 atom stereocenters. The second kappa shape index (κ2) is 4.81. The van der Waals surface area contributed by atoms with Crippen molar-refractivity contribution in [2.75, 3.05) is 0 Å². The highest BCUT2D eigenvalue weighted by Gasteiger charge is 2.14. The molecule has 1 N–H and O–H groups in total. The number of hydrogen-bond acceptors (Lipinski definition) is 5. The maximum atomic E-state index is 10.8. The first kappa shape index (κ1) is 13.3. The number of nitrogens with zero attached hydrogens (tertiary/aromatic N) is 2. The monoisotopic (exact) mass is 306 g/mol. The minimum atomic E-state index is -0.470. The van der Waals surface area contributed by atoms with Crippen LogP contribution in [0.25, 0.3) is 33.3 Å². The van der Waals surface area contributed by atoms with Gasteiger partial charge in [0.25, 0.3) is 5.69 Å². The van der Waals surface area contributed by atoms with Crippen LogP contribution in [0.3, 0.4) is 0 Å². The molecule has 0 fully saturated rings. The van der Waals surface area contributed by atoms with Crippen LogP contribution in [-0.2, 0) is 0 Å². The first-order valence-corrected chi connectivity index (χ1v) is 6.89. The van der Waals surface area contributed by atoms with Crippen LogP contribution in [0.2, 0.25) is 0 Å². The quantitative estimate of drug-likeness (QED) is 0.441. The van der Waals surface area contributed by atoms with Gasteiger partial charge in [-0.2, -0.15) is 0 Å². The summed E-state index contributed by atoms with van der Waals surface area (Å²) < 4.78 is 5.71. The number of benzene rings is 3. The Labute approximate surface area is 129 Å².